The summed E-state index contributed by atoms with van der Waals surface area (Å²) in [6.45, 7) is 3.69. The van der Waals surface area contributed by atoms with Crippen molar-refractivity contribution in [1.82, 2.24) is 4.72 Å². The van der Waals surface area contributed by atoms with Gasteiger partial charge in [0.25, 0.3) is 0 Å². The Morgan fingerprint density at radius 3 is 2.67 bits per heavy atom. The van der Waals surface area contributed by atoms with Crippen LogP contribution in [0.4, 0.5) is 0 Å². The van der Waals surface area contributed by atoms with Gasteiger partial charge in [0.05, 0.1) is 4.90 Å². The third kappa shape index (κ3) is 5.88. The molecule has 4 nitrogen and oxygen atoms in total. The lowest BCUT2D eigenvalue weighted by Gasteiger charge is -2.15. The van der Waals surface area contributed by atoms with E-state index in [2.05, 4.69) is 23.5 Å². The molecular weight excluding hydrogens is 286 g/mol. The summed E-state index contributed by atoms with van der Waals surface area (Å²) in [5.41, 5.74) is 0.403. The van der Waals surface area contributed by atoms with Gasteiger partial charge in [-0.25, -0.2) is 13.1 Å². The Morgan fingerprint density at radius 2 is 2.00 bits per heavy atom. The Kier molecular flexibility index (Phi) is 7.44. The van der Waals surface area contributed by atoms with Gasteiger partial charge in [-0.15, -0.1) is 0 Å². The van der Waals surface area contributed by atoms with E-state index >= 15 is 0 Å². The summed E-state index contributed by atoms with van der Waals surface area (Å²) in [6.07, 6.45) is 4.04. The summed E-state index contributed by atoms with van der Waals surface area (Å²) in [6, 6.07) is 6.45. The van der Waals surface area contributed by atoms with Gasteiger partial charge >= 0.3 is 0 Å². The number of rotatable bonds is 7. The number of hydrogen-bond acceptors (Lipinski definition) is 3. The van der Waals surface area contributed by atoms with Crippen LogP contribution < -0.4 is 4.72 Å². The first-order chi connectivity index (χ1) is 10.0. The summed E-state index contributed by atoms with van der Waals surface area (Å²) in [5, 5.41) is 8.75. The monoisotopic (exact) mass is 309 g/mol. The van der Waals surface area contributed by atoms with Crippen molar-refractivity contribution in [3.05, 3.63) is 29.8 Å². The fourth-order valence-electron chi connectivity index (χ4n) is 2.03. The summed E-state index contributed by atoms with van der Waals surface area (Å²) in [4.78, 5) is 0.160. The van der Waals surface area contributed by atoms with Gasteiger partial charge in [-0.2, -0.15) is 0 Å². The van der Waals surface area contributed by atoms with Crippen molar-refractivity contribution in [3.63, 3.8) is 0 Å². The normalized spacial score (nSPS) is 12.5. The molecule has 0 saturated heterocycles. The van der Waals surface area contributed by atoms with Gasteiger partial charge in [-0.1, -0.05) is 50.2 Å². The molecule has 0 heterocycles. The van der Waals surface area contributed by atoms with Crippen molar-refractivity contribution in [2.24, 2.45) is 0 Å². The van der Waals surface area contributed by atoms with Crippen molar-refractivity contribution < 1.29 is 13.5 Å². The first-order valence-electron chi connectivity index (χ1n) is 7.22. The number of aliphatic hydroxyl groups excluding tert-OH is 1. The summed E-state index contributed by atoms with van der Waals surface area (Å²) in [7, 11) is -3.59. The molecule has 1 atom stereocenters. The standard InChI is InChI=1S/C16H23NO3S/c1-3-4-5-9-14(2)17-21(19,20)16-12-7-6-10-15(16)11-8-13-18/h6-7,10,12,14,17-18H,3-5,9,13H2,1-2H3. The Bertz CT molecular complexity index is 599. The number of aliphatic hydroxyl groups is 1. The zero-order chi connectivity index (χ0) is 15.7. The van der Waals surface area contributed by atoms with E-state index in [1.165, 1.54) is 6.07 Å². The number of unbranched alkanes of at least 4 members (excludes halogenated alkanes) is 2. The number of benzene rings is 1. The van der Waals surface area contributed by atoms with E-state index in [1.54, 1.807) is 18.2 Å². The number of nitrogens with one attached hydrogen (secondary N) is 1. The van der Waals surface area contributed by atoms with Crippen molar-refractivity contribution >= 4 is 10.0 Å². The fraction of sp³-hybridized carbons (Fsp3) is 0.500. The van der Waals surface area contributed by atoms with E-state index in [4.69, 9.17) is 5.11 Å². The molecule has 5 heteroatoms. The summed E-state index contributed by atoms with van der Waals surface area (Å²) < 4.78 is 27.5. The highest BCUT2D eigenvalue weighted by molar-refractivity contribution is 7.89. The third-order valence-corrected chi connectivity index (χ3v) is 4.72. The van der Waals surface area contributed by atoms with Crippen molar-refractivity contribution in [2.75, 3.05) is 6.61 Å². The smallest absolute Gasteiger partial charge is 0.242 e. The molecule has 21 heavy (non-hydrogen) atoms. The molecule has 0 aromatic heterocycles. The van der Waals surface area contributed by atoms with Crippen LogP contribution >= 0.6 is 0 Å². The van der Waals surface area contributed by atoms with Crippen LogP contribution in [0.2, 0.25) is 0 Å². The van der Waals surface area contributed by atoms with Crippen LogP contribution in [0.25, 0.3) is 0 Å². The topological polar surface area (TPSA) is 66.4 Å². The molecule has 1 unspecified atom stereocenters. The molecule has 1 aromatic carbocycles. The van der Waals surface area contributed by atoms with Gasteiger partial charge in [0.1, 0.15) is 6.61 Å². The van der Waals surface area contributed by atoms with Crippen LogP contribution in [0.5, 0.6) is 0 Å². The maximum Gasteiger partial charge on any atom is 0.242 e. The quantitative estimate of drug-likeness (QED) is 0.600. The zero-order valence-electron chi connectivity index (χ0n) is 12.6. The molecule has 0 saturated carbocycles. The van der Waals surface area contributed by atoms with Crippen LogP contribution in [0.15, 0.2) is 29.2 Å². The predicted octanol–water partition coefficient (Wildman–Crippen LogP) is 2.28. The SMILES string of the molecule is CCCCCC(C)NS(=O)(=O)c1ccccc1C#CCO. The molecule has 0 aliphatic carbocycles. The van der Waals surface area contributed by atoms with Crippen LogP contribution in [0.1, 0.15) is 45.1 Å². The van der Waals surface area contributed by atoms with E-state index in [9.17, 15) is 8.42 Å². The van der Waals surface area contributed by atoms with Gasteiger partial charge in [0.2, 0.25) is 10.0 Å². The molecule has 1 rings (SSSR count). The van der Waals surface area contributed by atoms with Crippen LogP contribution in [-0.4, -0.2) is 26.2 Å². The molecule has 0 bridgehead atoms. The molecule has 0 aliphatic rings. The molecule has 116 valence electrons. The molecule has 0 fully saturated rings. The highest BCUT2D eigenvalue weighted by Gasteiger charge is 2.19. The molecule has 1 aromatic rings. The van der Waals surface area contributed by atoms with E-state index < -0.39 is 10.0 Å². The van der Waals surface area contributed by atoms with Gasteiger partial charge in [0, 0.05) is 11.6 Å². The minimum atomic E-state index is -3.59. The Labute approximate surface area is 127 Å². The maximum atomic E-state index is 12.4. The molecule has 0 aliphatic heterocycles. The van der Waals surface area contributed by atoms with E-state index in [0.29, 0.717) is 5.56 Å². The van der Waals surface area contributed by atoms with E-state index in [-0.39, 0.29) is 17.5 Å². The molecular formula is C16H23NO3S. The Morgan fingerprint density at radius 1 is 1.29 bits per heavy atom. The Hall–Kier alpha value is -1.35. The zero-order valence-corrected chi connectivity index (χ0v) is 13.4. The summed E-state index contributed by atoms with van der Waals surface area (Å²) in [5.74, 6) is 5.16. The lowest BCUT2D eigenvalue weighted by atomic mass is 10.1. The first kappa shape index (κ1) is 17.7. The van der Waals surface area contributed by atoms with E-state index in [1.807, 2.05) is 6.92 Å². The van der Waals surface area contributed by atoms with Crippen molar-refractivity contribution in [1.29, 1.82) is 0 Å². The van der Waals surface area contributed by atoms with Crippen molar-refractivity contribution in [3.8, 4) is 11.8 Å². The van der Waals surface area contributed by atoms with Gasteiger partial charge in [0.15, 0.2) is 0 Å². The molecule has 0 amide bonds. The highest BCUT2D eigenvalue weighted by atomic mass is 32.2. The van der Waals surface area contributed by atoms with Crippen molar-refractivity contribution in [2.45, 2.75) is 50.5 Å². The third-order valence-electron chi connectivity index (χ3n) is 3.08. The Balaban J connectivity index is 2.88. The highest BCUT2D eigenvalue weighted by Crippen LogP contribution is 2.15. The van der Waals surface area contributed by atoms with Gasteiger partial charge in [-0.05, 0) is 25.5 Å². The largest absolute Gasteiger partial charge is 0.384 e. The van der Waals surface area contributed by atoms with Crippen LogP contribution in [-0.2, 0) is 10.0 Å². The van der Waals surface area contributed by atoms with Crippen LogP contribution in [0.3, 0.4) is 0 Å². The van der Waals surface area contributed by atoms with Gasteiger partial charge < -0.3 is 5.11 Å². The lowest BCUT2D eigenvalue weighted by Crippen LogP contribution is -2.33. The molecule has 0 spiro atoms. The minimum absolute atomic E-state index is 0.111. The van der Waals surface area contributed by atoms with E-state index in [0.717, 1.165) is 25.7 Å². The first-order valence-corrected chi connectivity index (χ1v) is 8.70. The average Bonchev–Trinajstić information content (AvgIpc) is 2.45. The lowest BCUT2D eigenvalue weighted by molar-refractivity contribution is 0.350. The van der Waals surface area contributed by atoms with Crippen LogP contribution in [0, 0.1) is 11.8 Å². The fourth-order valence-corrected chi connectivity index (χ4v) is 3.47. The second-order valence-corrected chi connectivity index (χ2v) is 6.66. The van der Waals surface area contributed by atoms with Gasteiger partial charge in [-0.3, -0.25) is 0 Å². The summed E-state index contributed by atoms with van der Waals surface area (Å²) >= 11 is 0. The number of hydrogen-bond donors (Lipinski definition) is 2. The minimum Gasteiger partial charge on any atom is -0.384 e. The second-order valence-electron chi connectivity index (χ2n) is 4.97. The predicted molar refractivity (Wildman–Crippen MR) is 84.3 cm³/mol. The molecule has 0 radical (unpaired) electrons. The second kappa shape index (κ2) is 8.83. The maximum absolute atomic E-state index is 12.4. The molecule has 2 N–H and O–H groups in total. The number of sulfonamides is 1. The average molecular weight is 309 g/mol.